The van der Waals surface area contributed by atoms with Gasteiger partial charge < -0.3 is 5.32 Å². The minimum atomic E-state index is -0.159. The minimum absolute atomic E-state index is 0.159. The molecule has 3 rings (SSSR count). The molecule has 0 aliphatic rings. The summed E-state index contributed by atoms with van der Waals surface area (Å²) >= 11 is 1.62. The first-order valence-electron chi connectivity index (χ1n) is 7.30. The molecule has 23 heavy (non-hydrogen) atoms. The Morgan fingerprint density at radius 1 is 1.30 bits per heavy atom. The van der Waals surface area contributed by atoms with Crippen LogP contribution in [0.1, 0.15) is 22.0 Å². The number of hydrogen-bond donors (Lipinski definition) is 1. The predicted octanol–water partition coefficient (Wildman–Crippen LogP) is 3.61. The van der Waals surface area contributed by atoms with Gasteiger partial charge in [-0.1, -0.05) is 0 Å². The zero-order valence-electron chi connectivity index (χ0n) is 13.5. The molecule has 0 aliphatic heterocycles. The quantitative estimate of drug-likeness (QED) is 0.748. The molecular formula is C17H18N4OS. The van der Waals surface area contributed by atoms with E-state index >= 15 is 0 Å². The number of aromatic nitrogens is 3. The highest BCUT2D eigenvalue weighted by atomic mass is 32.1. The molecule has 5 nitrogen and oxygen atoms in total. The molecule has 0 saturated carbocycles. The first-order valence-corrected chi connectivity index (χ1v) is 8.12. The van der Waals surface area contributed by atoms with Gasteiger partial charge in [-0.2, -0.15) is 5.10 Å². The second-order valence-electron chi connectivity index (χ2n) is 5.45. The Morgan fingerprint density at radius 2 is 2.09 bits per heavy atom. The summed E-state index contributed by atoms with van der Waals surface area (Å²) < 4.78 is 2.88. The highest BCUT2D eigenvalue weighted by molar-refractivity contribution is 7.18. The second-order valence-corrected chi connectivity index (χ2v) is 6.68. The maximum Gasteiger partial charge on any atom is 0.248 e. The highest BCUT2D eigenvalue weighted by Gasteiger charge is 2.07. The third-order valence-electron chi connectivity index (χ3n) is 3.73. The summed E-state index contributed by atoms with van der Waals surface area (Å²) in [6, 6.07) is 5.74. The fraction of sp³-hybridized carbons (Fsp3) is 0.235. The van der Waals surface area contributed by atoms with Gasteiger partial charge in [0.2, 0.25) is 5.91 Å². The fourth-order valence-electron chi connectivity index (χ4n) is 2.49. The van der Waals surface area contributed by atoms with Gasteiger partial charge in [-0.3, -0.25) is 9.48 Å². The molecule has 6 heteroatoms. The third-order valence-corrected chi connectivity index (χ3v) is 4.66. The summed E-state index contributed by atoms with van der Waals surface area (Å²) in [6.07, 6.45) is 3.35. The van der Waals surface area contributed by atoms with Crippen molar-refractivity contribution in [3.63, 3.8) is 0 Å². The molecule has 0 saturated heterocycles. The Bertz CT molecular complexity index is 920. The number of anilines is 1. The number of amides is 1. The van der Waals surface area contributed by atoms with Crippen molar-refractivity contribution in [2.24, 2.45) is 7.05 Å². The molecule has 3 aromatic rings. The lowest BCUT2D eigenvalue weighted by atomic mass is 10.2. The van der Waals surface area contributed by atoms with E-state index in [-0.39, 0.29) is 5.91 Å². The van der Waals surface area contributed by atoms with Crippen LogP contribution < -0.4 is 5.32 Å². The number of carbonyl (C=O) groups excluding carboxylic acids is 1. The average Bonchev–Trinajstić information content (AvgIpc) is 2.96. The van der Waals surface area contributed by atoms with Crippen molar-refractivity contribution in [1.29, 1.82) is 0 Å². The smallest absolute Gasteiger partial charge is 0.248 e. The van der Waals surface area contributed by atoms with Gasteiger partial charge in [-0.15, -0.1) is 11.3 Å². The molecule has 0 spiro atoms. The van der Waals surface area contributed by atoms with Gasteiger partial charge in [0.1, 0.15) is 0 Å². The molecule has 0 radical (unpaired) electrons. The fourth-order valence-corrected chi connectivity index (χ4v) is 3.36. The van der Waals surface area contributed by atoms with E-state index in [2.05, 4.69) is 15.4 Å². The Morgan fingerprint density at radius 3 is 2.78 bits per heavy atom. The SMILES string of the molecule is Cc1nc2ccc(NC(=O)/C=C/c3c(C)nn(C)c3C)cc2s1. The van der Waals surface area contributed by atoms with Gasteiger partial charge in [0.15, 0.2) is 0 Å². The van der Waals surface area contributed by atoms with E-state index in [4.69, 9.17) is 0 Å². The van der Waals surface area contributed by atoms with Crippen LogP contribution in [0.3, 0.4) is 0 Å². The molecule has 1 N–H and O–H groups in total. The molecule has 0 unspecified atom stereocenters. The van der Waals surface area contributed by atoms with Gasteiger partial charge in [-0.25, -0.2) is 4.98 Å². The summed E-state index contributed by atoms with van der Waals surface area (Å²) in [5, 5.41) is 8.24. The molecule has 1 amide bonds. The van der Waals surface area contributed by atoms with Crippen molar-refractivity contribution >= 4 is 39.2 Å². The van der Waals surface area contributed by atoms with E-state index in [0.717, 1.165) is 37.9 Å². The molecular weight excluding hydrogens is 308 g/mol. The van der Waals surface area contributed by atoms with Gasteiger partial charge >= 0.3 is 0 Å². The molecule has 118 valence electrons. The lowest BCUT2D eigenvalue weighted by Crippen LogP contribution is -2.07. The summed E-state index contributed by atoms with van der Waals surface area (Å²) in [7, 11) is 1.89. The van der Waals surface area contributed by atoms with Crippen LogP contribution in [0.5, 0.6) is 0 Å². The largest absolute Gasteiger partial charge is 0.322 e. The van der Waals surface area contributed by atoms with Crippen LogP contribution in [0.4, 0.5) is 5.69 Å². The number of benzene rings is 1. The van der Waals surface area contributed by atoms with Crippen LogP contribution >= 0.6 is 11.3 Å². The van der Waals surface area contributed by atoms with E-state index in [1.807, 2.05) is 56.8 Å². The number of fused-ring (bicyclic) bond motifs is 1. The van der Waals surface area contributed by atoms with Crippen LogP contribution in [0.2, 0.25) is 0 Å². The van der Waals surface area contributed by atoms with E-state index in [1.54, 1.807) is 17.4 Å². The highest BCUT2D eigenvalue weighted by Crippen LogP contribution is 2.24. The van der Waals surface area contributed by atoms with Gasteiger partial charge in [0.05, 0.1) is 20.9 Å². The lowest BCUT2D eigenvalue weighted by Gasteiger charge is -2.01. The zero-order chi connectivity index (χ0) is 16.6. The minimum Gasteiger partial charge on any atom is -0.322 e. The Kier molecular flexibility index (Phi) is 4.00. The Hall–Kier alpha value is -2.47. The molecule has 1 aromatic carbocycles. The maximum absolute atomic E-state index is 12.1. The Balaban J connectivity index is 1.76. The van der Waals surface area contributed by atoms with E-state index in [0.29, 0.717) is 0 Å². The summed E-state index contributed by atoms with van der Waals surface area (Å²) in [4.78, 5) is 16.5. The Labute approximate surface area is 138 Å². The molecule has 0 fully saturated rings. The van der Waals surface area contributed by atoms with Crippen molar-refractivity contribution in [2.75, 3.05) is 5.32 Å². The lowest BCUT2D eigenvalue weighted by molar-refractivity contribution is -0.111. The number of hydrogen-bond acceptors (Lipinski definition) is 4. The molecule has 0 aliphatic carbocycles. The normalized spacial score (nSPS) is 11.5. The van der Waals surface area contributed by atoms with Crippen molar-refractivity contribution in [3.8, 4) is 0 Å². The molecule has 0 bridgehead atoms. The van der Waals surface area contributed by atoms with Crippen molar-refractivity contribution in [2.45, 2.75) is 20.8 Å². The zero-order valence-corrected chi connectivity index (χ0v) is 14.4. The topological polar surface area (TPSA) is 59.8 Å². The number of rotatable bonds is 3. The van der Waals surface area contributed by atoms with Crippen molar-refractivity contribution < 1.29 is 4.79 Å². The molecule has 2 aromatic heterocycles. The van der Waals surface area contributed by atoms with Crippen LogP contribution in [0.15, 0.2) is 24.3 Å². The third kappa shape index (κ3) is 3.17. The predicted molar refractivity (Wildman–Crippen MR) is 94.7 cm³/mol. The van der Waals surface area contributed by atoms with Gasteiger partial charge in [-0.05, 0) is 45.0 Å². The van der Waals surface area contributed by atoms with Crippen LogP contribution in [0, 0.1) is 20.8 Å². The molecule has 2 heterocycles. The average molecular weight is 326 g/mol. The number of carbonyl (C=O) groups is 1. The second kappa shape index (κ2) is 5.96. The molecule has 0 atom stereocenters. The van der Waals surface area contributed by atoms with Crippen molar-refractivity contribution in [3.05, 3.63) is 46.2 Å². The number of nitrogens with one attached hydrogen (secondary N) is 1. The van der Waals surface area contributed by atoms with Crippen LogP contribution in [-0.4, -0.2) is 20.7 Å². The standard InChI is InChI=1S/C17H18N4OS/c1-10-14(11(2)21(4)20-10)6-8-17(22)19-13-5-7-15-16(9-13)23-12(3)18-15/h5-9H,1-4H3,(H,19,22)/b8-6+. The summed E-state index contributed by atoms with van der Waals surface area (Å²) in [5.41, 5.74) is 4.66. The number of nitrogens with zero attached hydrogens (tertiary/aromatic N) is 3. The van der Waals surface area contributed by atoms with E-state index in [1.165, 1.54) is 0 Å². The first-order chi connectivity index (χ1) is 10.9. The summed E-state index contributed by atoms with van der Waals surface area (Å²) in [5.74, 6) is -0.159. The number of thiazole rings is 1. The van der Waals surface area contributed by atoms with Crippen LogP contribution in [-0.2, 0) is 11.8 Å². The van der Waals surface area contributed by atoms with Crippen molar-refractivity contribution in [1.82, 2.24) is 14.8 Å². The first kappa shape index (κ1) is 15.4. The van der Waals surface area contributed by atoms with Gasteiger partial charge in [0.25, 0.3) is 0 Å². The number of aryl methyl sites for hydroxylation is 3. The van der Waals surface area contributed by atoms with Crippen LogP contribution in [0.25, 0.3) is 16.3 Å². The maximum atomic E-state index is 12.1. The summed E-state index contributed by atoms with van der Waals surface area (Å²) in [6.45, 7) is 5.90. The monoisotopic (exact) mass is 326 g/mol. The van der Waals surface area contributed by atoms with Gasteiger partial charge in [0, 0.05) is 30.1 Å². The van der Waals surface area contributed by atoms with E-state index < -0.39 is 0 Å². The van der Waals surface area contributed by atoms with E-state index in [9.17, 15) is 4.79 Å².